The lowest BCUT2D eigenvalue weighted by atomic mass is 10.1. The third-order valence-electron chi connectivity index (χ3n) is 4.24. The van der Waals surface area contributed by atoms with E-state index in [0.717, 1.165) is 29.9 Å². The van der Waals surface area contributed by atoms with Gasteiger partial charge in [-0.2, -0.15) is 0 Å². The second kappa shape index (κ2) is 7.84. The zero-order valence-corrected chi connectivity index (χ0v) is 14.7. The lowest BCUT2D eigenvalue weighted by Crippen LogP contribution is -2.07. The first-order chi connectivity index (χ1) is 12.2. The van der Waals surface area contributed by atoms with Gasteiger partial charge in [0.25, 0.3) is 0 Å². The summed E-state index contributed by atoms with van der Waals surface area (Å²) < 4.78 is 7.47. The lowest BCUT2D eigenvalue weighted by Gasteiger charge is -2.13. The molecule has 0 fully saturated rings. The molecule has 1 heterocycles. The van der Waals surface area contributed by atoms with Gasteiger partial charge >= 0.3 is 5.97 Å². The van der Waals surface area contributed by atoms with Crippen molar-refractivity contribution in [1.29, 1.82) is 0 Å². The van der Waals surface area contributed by atoms with E-state index in [1.165, 1.54) is 5.56 Å². The van der Waals surface area contributed by atoms with Gasteiger partial charge < -0.3 is 9.30 Å². The Balaban J connectivity index is 1.86. The van der Waals surface area contributed by atoms with Crippen LogP contribution in [0.1, 0.15) is 35.8 Å². The maximum absolute atomic E-state index is 12.0. The van der Waals surface area contributed by atoms with E-state index < -0.39 is 0 Å². The van der Waals surface area contributed by atoms with Gasteiger partial charge in [-0.3, -0.25) is 0 Å². The summed E-state index contributed by atoms with van der Waals surface area (Å²) >= 11 is 0. The topological polar surface area (TPSA) is 31.2 Å². The van der Waals surface area contributed by atoms with E-state index in [4.69, 9.17) is 4.74 Å². The Labute approximate surface area is 148 Å². The monoisotopic (exact) mass is 333 g/mol. The van der Waals surface area contributed by atoms with E-state index in [1.54, 1.807) is 0 Å². The number of ether oxygens (including phenoxy) is 1. The Kier molecular flexibility index (Phi) is 5.34. The van der Waals surface area contributed by atoms with Crippen molar-refractivity contribution < 1.29 is 9.53 Å². The maximum Gasteiger partial charge on any atom is 0.338 e. The number of unbranched alkanes of at least 4 members (excludes halogenated alkanes) is 1. The van der Waals surface area contributed by atoms with Gasteiger partial charge in [-0.05, 0) is 55.3 Å². The van der Waals surface area contributed by atoms with Crippen molar-refractivity contribution in [2.45, 2.75) is 26.7 Å². The van der Waals surface area contributed by atoms with Crippen LogP contribution in [0.15, 0.2) is 66.7 Å². The molecule has 0 aliphatic heterocycles. The fraction of sp³-hybridized carbons (Fsp3) is 0.227. The number of nitrogens with zero attached hydrogens (tertiary/aromatic N) is 1. The number of aryl methyl sites for hydroxylation is 1. The van der Waals surface area contributed by atoms with Crippen molar-refractivity contribution in [3.63, 3.8) is 0 Å². The smallest absolute Gasteiger partial charge is 0.338 e. The first-order valence-electron chi connectivity index (χ1n) is 8.72. The number of carbonyl (C=O) groups is 1. The lowest BCUT2D eigenvalue weighted by molar-refractivity contribution is 0.0500. The molecule has 0 aliphatic carbocycles. The van der Waals surface area contributed by atoms with Crippen LogP contribution in [0.4, 0.5) is 0 Å². The molecule has 0 radical (unpaired) electrons. The fourth-order valence-electron chi connectivity index (χ4n) is 2.85. The molecule has 25 heavy (non-hydrogen) atoms. The van der Waals surface area contributed by atoms with Crippen LogP contribution in [0.25, 0.3) is 16.9 Å². The Bertz CT molecular complexity index is 832. The molecule has 128 valence electrons. The standard InChI is InChI=1S/C22H23NO2/c1-3-4-16-25-22(24)19-11-13-20(14-12-19)23-17(2)10-15-21(23)18-8-6-5-7-9-18/h5-15H,3-4,16H2,1-2H3. The minimum absolute atomic E-state index is 0.257. The van der Waals surface area contributed by atoms with E-state index in [0.29, 0.717) is 12.2 Å². The SMILES string of the molecule is CCCCOC(=O)c1ccc(-n2c(C)ccc2-c2ccccc2)cc1. The summed E-state index contributed by atoms with van der Waals surface area (Å²) in [4.78, 5) is 12.0. The van der Waals surface area contributed by atoms with Crippen molar-refractivity contribution in [1.82, 2.24) is 4.57 Å². The first-order valence-corrected chi connectivity index (χ1v) is 8.72. The van der Waals surface area contributed by atoms with Gasteiger partial charge in [-0.25, -0.2) is 4.79 Å². The highest BCUT2D eigenvalue weighted by Gasteiger charge is 2.11. The highest BCUT2D eigenvalue weighted by Crippen LogP contribution is 2.26. The van der Waals surface area contributed by atoms with E-state index >= 15 is 0 Å². The molecule has 3 nitrogen and oxygen atoms in total. The Morgan fingerprint density at radius 2 is 1.68 bits per heavy atom. The minimum Gasteiger partial charge on any atom is -0.462 e. The van der Waals surface area contributed by atoms with Gasteiger partial charge in [-0.15, -0.1) is 0 Å². The van der Waals surface area contributed by atoms with Crippen LogP contribution in [0.2, 0.25) is 0 Å². The molecular weight excluding hydrogens is 310 g/mol. The second-order valence-electron chi connectivity index (χ2n) is 6.10. The van der Waals surface area contributed by atoms with Crippen molar-refractivity contribution in [3.05, 3.63) is 78.0 Å². The average Bonchev–Trinajstić information content (AvgIpc) is 3.04. The van der Waals surface area contributed by atoms with Gasteiger partial charge in [-0.1, -0.05) is 43.7 Å². The van der Waals surface area contributed by atoms with Crippen LogP contribution in [-0.2, 0) is 4.74 Å². The second-order valence-corrected chi connectivity index (χ2v) is 6.10. The number of hydrogen-bond acceptors (Lipinski definition) is 2. The van der Waals surface area contributed by atoms with Gasteiger partial charge in [0.2, 0.25) is 0 Å². The summed E-state index contributed by atoms with van der Waals surface area (Å²) in [6.45, 7) is 4.64. The molecule has 0 spiro atoms. The molecule has 0 atom stereocenters. The van der Waals surface area contributed by atoms with E-state index in [1.807, 2.05) is 42.5 Å². The Morgan fingerprint density at radius 1 is 0.960 bits per heavy atom. The van der Waals surface area contributed by atoms with Crippen LogP contribution in [0, 0.1) is 6.92 Å². The van der Waals surface area contributed by atoms with Gasteiger partial charge in [0.15, 0.2) is 0 Å². The zero-order chi connectivity index (χ0) is 17.6. The Hall–Kier alpha value is -2.81. The molecule has 0 amide bonds. The van der Waals surface area contributed by atoms with Crippen LogP contribution < -0.4 is 0 Å². The van der Waals surface area contributed by atoms with Crippen molar-refractivity contribution in [2.75, 3.05) is 6.61 Å². The number of benzene rings is 2. The molecule has 1 aromatic heterocycles. The Morgan fingerprint density at radius 3 is 2.36 bits per heavy atom. The van der Waals surface area contributed by atoms with Gasteiger partial charge in [0.1, 0.15) is 0 Å². The number of aromatic nitrogens is 1. The summed E-state index contributed by atoms with van der Waals surface area (Å²) in [5, 5.41) is 0. The predicted molar refractivity (Wildman–Crippen MR) is 101 cm³/mol. The third-order valence-corrected chi connectivity index (χ3v) is 4.24. The van der Waals surface area contributed by atoms with Crippen LogP contribution in [0.3, 0.4) is 0 Å². The summed E-state index contributed by atoms with van der Waals surface area (Å²) in [5.74, 6) is -0.257. The highest BCUT2D eigenvalue weighted by atomic mass is 16.5. The molecule has 0 unspecified atom stereocenters. The quantitative estimate of drug-likeness (QED) is 0.446. The van der Waals surface area contributed by atoms with Crippen molar-refractivity contribution in [2.24, 2.45) is 0 Å². The molecular formula is C22H23NO2. The van der Waals surface area contributed by atoms with Crippen molar-refractivity contribution >= 4 is 5.97 Å². The molecule has 0 bridgehead atoms. The van der Waals surface area contributed by atoms with Gasteiger partial charge in [0.05, 0.1) is 17.9 Å². The van der Waals surface area contributed by atoms with Crippen LogP contribution >= 0.6 is 0 Å². The largest absolute Gasteiger partial charge is 0.462 e. The normalized spacial score (nSPS) is 10.6. The highest BCUT2D eigenvalue weighted by molar-refractivity contribution is 5.89. The number of carbonyl (C=O) groups excluding carboxylic acids is 1. The summed E-state index contributed by atoms with van der Waals surface area (Å²) in [6, 6.07) is 22.1. The van der Waals surface area contributed by atoms with Crippen LogP contribution in [-0.4, -0.2) is 17.1 Å². The molecule has 2 aromatic carbocycles. The molecule has 0 saturated heterocycles. The number of esters is 1. The van der Waals surface area contributed by atoms with E-state index in [-0.39, 0.29) is 5.97 Å². The third kappa shape index (κ3) is 3.82. The van der Waals surface area contributed by atoms with Crippen molar-refractivity contribution in [3.8, 4) is 16.9 Å². The number of hydrogen-bond donors (Lipinski definition) is 0. The summed E-state index contributed by atoms with van der Waals surface area (Å²) in [5.41, 5.74) is 5.07. The average molecular weight is 333 g/mol. The molecule has 3 aromatic rings. The zero-order valence-electron chi connectivity index (χ0n) is 14.7. The molecule has 3 rings (SSSR count). The molecule has 0 aliphatic rings. The molecule has 0 saturated carbocycles. The first kappa shape index (κ1) is 17.0. The maximum atomic E-state index is 12.0. The molecule has 0 N–H and O–H groups in total. The summed E-state index contributed by atoms with van der Waals surface area (Å²) in [7, 11) is 0. The van der Waals surface area contributed by atoms with Gasteiger partial charge in [0, 0.05) is 11.4 Å². The van der Waals surface area contributed by atoms with E-state index in [2.05, 4.69) is 42.7 Å². The summed E-state index contributed by atoms with van der Waals surface area (Å²) in [6.07, 6.45) is 1.91. The van der Waals surface area contributed by atoms with Crippen LogP contribution in [0.5, 0.6) is 0 Å². The minimum atomic E-state index is -0.257. The predicted octanol–water partition coefficient (Wildman–Crippen LogP) is 5.41. The molecule has 3 heteroatoms. The van der Waals surface area contributed by atoms with E-state index in [9.17, 15) is 4.79 Å². The fourth-order valence-corrected chi connectivity index (χ4v) is 2.85. The number of rotatable bonds is 6.